The Hall–Kier alpha value is -2.30. The second kappa shape index (κ2) is 7.99. The van der Waals surface area contributed by atoms with Crippen LogP contribution in [0.3, 0.4) is 0 Å². The van der Waals surface area contributed by atoms with E-state index in [0.29, 0.717) is 6.61 Å². The lowest BCUT2D eigenvalue weighted by Crippen LogP contribution is -2.37. The van der Waals surface area contributed by atoms with Crippen LogP contribution in [0.25, 0.3) is 0 Å². The van der Waals surface area contributed by atoms with E-state index in [2.05, 4.69) is 24.0 Å². The maximum atomic E-state index is 12.1. The Kier molecular flexibility index (Phi) is 6.01. The summed E-state index contributed by atoms with van der Waals surface area (Å²) in [5.41, 5.74) is 1.06. The minimum Gasteiger partial charge on any atom is -0.490 e. The van der Waals surface area contributed by atoms with E-state index in [0.717, 1.165) is 18.6 Å². The summed E-state index contributed by atoms with van der Waals surface area (Å²) >= 11 is 0. The first-order valence-electron chi connectivity index (χ1n) is 8.31. The Balaban J connectivity index is 1.97. The number of carbonyl (C=O) groups is 1. The van der Waals surface area contributed by atoms with Crippen LogP contribution in [0.1, 0.15) is 39.7 Å². The molecule has 1 atom stereocenters. The summed E-state index contributed by atoms with van der Waals surface area (Å²) in [6.07, 6.45) is 5.90. The second-order valence-corrected chi connectivity index (χ2v) is 6.91. The smallest absolute Gasteiger partial charge is 0.419 e. The molecule has 0 saturated carbocycles. The molecule has 0 fully saturated rings. The molecule has 1 unspecified atom stereocenters. The number of ether oxygens (including phenoxy) is 2. The monoisotopic (exact) mass is 330 g/mol. The number of rotatable bonds is 6. The highest BCUT2D eigenvalue weighted by atomic mass is 16.6. The molecule has 5 nitrogen and oxygen atoms in total. The summed E-state index contributed by atoms with van der Waals surface area (Å²) in [4.78, 5) is 16.0. The van der Waals surface area contributed by atoms with Gasteiger partial charge < -0.3 is 9.47 Å². The summed E-state index contributed by atoms with van der Waals surface area (Å²) in [7, 11) is 0. The minimum absolute atomic E-state index is 0.238. The van der Waals surface area contributed by atoms with E-state index in [4.69, 9.17) is 9.47 Å². The first kappa shape index (κ1) is 18.0. The van der Waals surface area contributed by atoms with E-state index < -0.39 is 6.09 Å². The van der Waals surface area contributed by atoms with Crippen molar-refractivity contribution >= 4 is 6.09 Å². The van der Waals surface area contributed by atoms with Crippen LogP contribution >= 0.6 is 0 Å². The van der Waals surface area contributed by atoms with Gasteiger partial charge in [-0.15, -0.1) is 0 Å². The van der Waals surface area contributed by atoms with Crippen LogP contribution in [-0.2, 0) is 11.2 Å². The van der Waals surface area contributed by atoms with Crippen LogP contribution in [0.2, 0.25) is 0 Å². The molecule has 130 valence electrons. The lowest BCUT2D eigenvalue weighted by Gasteiger charge is -2.30. The molecule has 0 aliphatic rings. The van der Waals surface area contributed by atoms with Gasteiger partial charge in [-0.25, -0.2) is 14.3 Å². The van der Waals surface area contributed by atoms with E-state index in [1.807, 2.05) is 32.9 Å². The van der Waals surface area contributed by atoms with Gasteiger partial charge >= 0.3 is 6.09 Å². The Bertz CT molecular complexity index is 628. The molecule has 0 spiro atoms. The molecule has 1 heterocycles. The fourth-order valence-corrected chi connectivity index (χ4v) is 2.22. The summed E-state index contributed by atoms with van der Waals surface area (Å²) < 4.78 is 12.8. The molecule has 5 heteroatoms. The Morgan fingerprint density at radius 3 is 2.50 bits per heavy atom. The summed E-state index contributed by atoms with van der Waals surface area (Å²) in [5, 5.41) is 0. The second-order valence-electron chi connectivity index (χ2n) is 6.91. The van der Waals surface area contributed by atoms with Crippen LogP contribution < -0.4 is 4.74 Å². The van der Waals surface area contributed by atoms with E-state index in [9.17, 15) is 4.79 Å². The van der Waals surface area contributed by atoms with Crippen LogP contribution in [0.5, 0.6) is 5.75 Å². The van der Waals surface area contributed by atoms with Gasteiger partial charge in [0.05, 0.1) is 0 Å². The molecule has 2 aromatic rings. The first-order chi connectivity index (χ1) is 11.4. The molecular weight excluding hydrogens is 304 g/mol. The van der Waals surface area contributed by atoms with Crippen molar-refractivity contribution in [2.75, 3.05) is 6.61 Å². The van der Waals surface area contributed by atoms with Gasteiger partial charge in [0.25, 0.3) is 0 Å². The minimum atomic E-state index is -0.450. The highest BCUT2D eigenvalue weighted by molar-refractivity contribution is 5.70. The molecule has 0 amide bonds. The topological polar surface area (TPSA) is 53.4 Å². The average molecular weight is 330 g/mol. The van der Waals surface area contributed by atoms with Crippen molar-refractivity contribution in [3.63, 3.8) is 0 Å². The molecule has 0 aliphatic carbocycles. The number of hydrogen-bond donors (Lipinski definition) is 0. The maximum absolute atomic E-state index is 12.1. The summed E-state index contributed by atoms with van der Waals surface area (Å²) in [6.45, 7) is 8.52. The normalized spacial score (nSPS) is 12.7. The van der Waals surface area contributed by atoms with Gasteiger partial charge in [-0.2, -0.15) is 0 Å². The fourth-order valence-electron chi connectivity index (χ4n) is 2.22. The van der Waals surface area contributed by atoms with Crippen molar-refractivity contribution in [3.8, 4) is 5.75 Å². The third-order valence-corrected chi connectivity index (χ3v) is 3.79. The van der Waals surface area contributed by atoms with Crippen LogP contribution in [0.4, 0.5) is 4.79 Å². The van der Waals surface area contributed by atoms with Crippen molar-refractivity contribution < 1.29 is 14.3 Å². The zero-order chi connectivity index (χ0) is 17.6. The quantitative estimate of drug-likeness (QED) is 0.792. The van der Waals surface area contributed by atoms with Gasteiger partial charge in [0.2, 0.25) is 0 Å². The van der Waals surface area contributed by atoms with E-state index in [1.54, 1.807) is 12.4 Å². The number of nitrogens with zero attached hydrogens (tertiary/aromatic N) is 2. The Labute approximate surface area is 143 Å². The molecule has 0 radical (unpaired) electrons. The van der Waals surface area contributed by atoms with Gasteiger partial charge in [-0.1, -0.05) is 46.2 Å². The fraction of sp³-hybridized carbons (Fsp3) is 0.474. The van der Waals surface area contributed by atoms with Crippen molar-refractivity contribution in [1.82, 2.24) is 9.55 Å². The van der Waals surface area contributed by atoms with E-state index in [-0.39, 0.29) is 11.5 Å². The average Bonchev–Trinajstić information content (AvgIpc) is 3.06. The molecule has 0 bridgehead atoms. The molecule has 0 N–H and O–H groups in total. The largest absolute Gasteiger partial charge is 0.490 e. The van der Waals surface area contributed by atoms with Gasteiger partial charge in [-0.3, -0.25) is 0 Å². The van der Waals surface area contributed by atoms with Crippen molar-refractivity contribution in [3.05, 3.63) is 48.5 Å². The molecule has 1 aromatic heterocycles. The summed E-state index contributed by atoms with van der Waals surface area (Å²) in [6, 6.07) is 8.07. The third-order valence-electron chi connectivity index (χ3n) is 3.79. The molecule has 1 aromatic carbocycles. The Morgan fingerprint density at radius 2 is 1.96 bits per heavy atom. The zero-order valence-electron chi connectivity index (χ0n) is 14.9. The van der Waals surface area contributed by atoms with Crippen molar-refractivity contribution in [1.29, 1.82) is 0 Å². The first-order valence-corrected chi connectivity index (χ1v) is 8.31. The maximum Gasteiger partial charge on any atom is 0.419 e. The lowest BCUT2D eigenvalue weighted by atomic mass is 9.89. The number of aryl methyl sites for hydroxylation is 1. The molecule has 0 aliphatic heterocycles. The van der Waals surface area contributed by atoms with Crippen LogP contribution in [0.15, 0.2) is 43.0 Å². The van der Waals surface area contributed by atoms with Crippen LogP contribution in [-0.4, -0.2) is 28.4 Å². The van der Waals surface area contributed by atoms with E-state index in [1.165, 1.54) is 16.5 Å². The predicted octanol–water partition coefficient (Wildman–Crippen LogP) is 4.31. The lowest BCUT2D eigenvalue weighted by molar-refractivity contribution is 0.00209. The number of aromatic nitrogens is 2. The van der Waals surface area contributed by atoms with Gasteiger partial charge in [0.1, 0.15) is 24.8 Å². The molecule has 2 rings (SSSR count). The highest BCUT2D eigenvalue weighted by Crippen LogP contribution is 2.24. The summed E-state index contributed by atoms with van der Waals surface area (Å²) in [5.74, 6) is 0.780. The van der Waals surface area contributed by atoms with Gasteiger partial charge in [0, 0.05) is 17.8 Å². The number of hydrogen-bond acceptors (Lipinski definition) is 4. The Morgan fingerprint density at radius 1 is 1.25 bits per heavy atom. The SMILES string of the molecule is CCCc1ccc(OCC(OC(=O)n2ccnc2)C(C)(C)C)cc1. The molecule has 24 heavy (non-hydrogen) atoms. The number of carbonyl (C=O) groups excluding carboxylic acids is 1. The predicted molar refractivity (Wildman–Crippen MR) is 93.3 cm³/mol. The number of imidazole rings is 1. The third kappa shape index (κ3) is 5.11. The van der Waals surface area contributed by atoms with Crippen LogP contribution in [0, 0.1) is 5.41 Å². The highest BCUT2D eigenvalue weighted by Gasteiger charge is 2.29. The standard InChI is InChI=1S/C19H26N2O3/c1-5-6-15-7-9-16(10-8-15)23-13-17(19(2,3)4)24-18(22)21-12-11-20-14-21/h7-12,14,17H,5-6,13H2,1-4H3. The zero-order valence-corrected chi connectivity index (χ0v) is 14.9. The number of benzene rings is 1. The van der Waals surface area contributed by atoms with Crippen molar-refractivity contribution in [2.24, 2.45) is 5.41 Å². The van der Waals surface area contributed by atoms with Gasteiger partial charge in [0.15, 0.2) is 0 Å². The van der Waals surface area contributed by atoms with Crippen molar-refractivity contribution in [2.45, 2.75) is 46.6 Å². The molecular formula is C19H26N2O3. The van der Waals surface area contributed by atoms with E-state index >= 15 is 0 Å². The van der Waals surface area contributed by atoms with Gasteiger partial charge in [-0.05, 0) is 24.1 Å². The molecule has 0 saturated heterocycles.